The second kappa shape index (κ2) is 5.55. The van der Waals surface area contributed by atoms with E-state index < -0.39 is 11.6 Å². The molecular weight excluding hydrogens is 214 g/mol. The lowest BCUT2D eigenvalue weighted by molar-refractivity contribution is -0.120. The van der Waals surface area contributed by atoms with Gasteiger partial charge in [0.15, 0.2) is 0 Å². The molecular formula is C11H14F2N2O. The van der Waals surface area contributed by atoms with Gasteiger partial charge in [0.2, 0.25) is 5.91 Å². The summed E-state index contributed by atoms with van der Waals surface area (Å²) in [6.07, 6.45) is 0.101. The zero-order valence-corrected chi connectivity index (χ0v) is 8.97. The molecule has 3 nitrogen and oxygen atoms in total. The smallest absolute Gasteiger partial charge is 0.233 e. The van der Waals surface area contributed by atoms with E-state index in [4.69, 9.17) is 5.73 Å². The van der Waals surface area contributed by atoms with Crippen molar-refractivity contribution >= 4 is 5.91 Å². The van der Waals surface area contributed by atoms with E-state index in [9.17, 15) is 13.6 Å². The Labute approximate surface area is 92.6 Å². The molecule has 16 heavy (non-hydrogen) atoms. The third kappa shape index (κ3) is 3.27. The van der Waals surface area contributed by atoms with Crippen LogP contribution in [0.15, 0.2) is 18.2 Å². The molecule has 0 radical (unpaired) electrons. The van der Waals surface area contributed by atoms with Gasteiger partial charge < -0.3 is 11.1 Å². The van der Waals surface area contributed by atoms with Crippen molar-refractivity contribution in [3.05, 3.63) is 35.4 Å². The number of nitrogens with two attached hydrogens (primary N) is 1. The van der Waals surface area contributed by atoms with Crippen LogP contribution in [-0.4, -0.2) is 18.5 Å². The van der Waals surface area contributed by atoms with Crippen LogP contribution < -0.4 is 11.1 Å². The lowest BCUT2D eigenvalue weighted by Gasteiger charge is -2.14. The fourth-order valence-corrected chi connectivity index (χ4v) is 1.42. The molecule has 0 heterocycles. The summed E-state index contributed by atoms with van der Waals surface area (Å²) in [7, 11) is 0. The largest absolute Gasteiger partial charge is 0.352 e. The lowest BCUT2D eigenvalue weighted by atomic mass is 10.1. The van der Waals surface area contributed by atoms with Gasteiger partial charge in [-0.1, -0.05) is 6.07 Å². The van der Waals surface area contributed by atoms with Crippen molar-refractivity contribution in [1.82, 2.24) is 5.32 Å². The summed E-state index contributed by atoms with van der Waals surface area (Å²) in [5.41, 5.74) is 5.09. The Morgan fingerprint density at radius 2 is 2.00 bits per heavy atom. The zero-order chi connectivity index (χ0) is 12.1. The predicted octanol–water partition coefficient (Wildman–Crippen LogP) is 0.971. The van der Waals surface area contributed by atoms with Crippen LogP contribution in [0.1, 0.15) is 12.5 Å². The topological polar surface area (TPSA) is 55.1 Å². The third-order valence-corrected chi connectivity index (χ3v) is 2.16. The first-order valence-corrected chi connectivity index (χ1v) is 4.97. The number of halogens is 2. The maximum Gasteiger partial charge on any atom is 0.233 e. The summed E-state index contributed by atoms with van der Waals surface area (Å²) < 4.78 is 26.5. The number of carbonyl (C=O) groups is 1. The number of amides is 1. The average Bonchev–Trinajstić information content (AvgIpc) is 2.23. The van der Waals surface area contributed by atoms with Crippen LogP contribution in [-0.2, 0) is 11.2 Å². The number of rotatable bonds is 4. The Hall–Kier alpha value is -1.49. The maximum absolute atomic E-state index is 13.3. The minimum Gasteiger partial charge on any atom is -0.352 e. The average molecular weight is 228 g/mol. The van der Waals surface area contributed by atoms with E-state index in [1.807, 2.05) is 0 Å². The highest BCUT2D eigenvalue weighted by atomic mass is 19.1. The van der Waals surface area contributed by atoms with Gasteiger partial charge in [-0.05, 0) is 25.5 Å². The van der Waals surface area contributed by atoms with Crippen LogP contribution in [0.5, 0.6) is 0 Å². The molecule has 5 heteroatoms. The molecule has 0 fully saturated rings. The van der Waals surface area contributed by atoms with Crippen LogP contribution in [0.4, 0.5) is 8.78 Å². The van der Waals surface area contributed by atoms with E-state index in [0.717, 1.165) is 0 Å². The van der Waals surface area contributed by atoms with Crippen LogP contribution in [0.25, 0.3) is 0 Å². The molecule has 0 saturated carbocycles. The van der Waals surface area contributed by atoms with E-state index in [1.54, 1.807) is 6.92 Å². The Morgan fingerprint density at radius 1 is 1.44 bits per heavy atom. The van der Waals surface area contributed by atoms with Gasteiger partial charge in [-0.15, -0.1) is 0 Å². The van der Waals surface area contributed by atoms with Crippen molar-refractivity contribution in [3.8, 4) is 0 Å². The van der Waals surface area contributed by atoms with Crippen LogP contribution in [0.3, 0.4) is 0 Å². The third-order valence-electron chi connectivity index (χ3n) is 2.16. The second-order valence-corrected chi connectivity index (χ2v) is 3.58. The molecule has 1 aromatic rings. The molecule has 0 saturated heterocycles. The van der Waals surface area contributed by atoms with Gasteiger partial charge in [0, 0.05) is 11.6 Å². The van der Waals surface area contributed by atoms with Crippen molar-refractivity contribution in [1.29, 1.82) is 0 Å². The maximum atomic E-state index is 13.3. The summed E-state index contributed by atoms with van der Waals surface area (Å²) in [4.78, 5) is 11.0. The summed E-state index contributed by atoms with van der Waals surface area (Å²) in [5, 5.41) is 2.54. The standard InChI is InChI=1S/C11H14F2N2O/c1-7(15-11(16)6-14)5-8-9(12)3-2-4-10(8)13/h2-4,7H,5-6,14H2,1H3,(H,15,16). The van der Waals surface area contributed by atoms with Gasteiger partial charge in [-0.3, -0.25) is 4.79 Å². The summed E-state index contributed by atoms with van der Waals surface area (Å²) in [6.45, 7) is 1.53. The molecule has 0 bridgehead atoms. The van der Waals surface area contributed by atoms with Crippen LogP contribution in [0, 0.1) is 11.6 Å². The van der Waals surface area contributed by atoms with E-state index >= 15 is 0 Å². The first-order chi connectivity index (χ1) is 7.54. The first-order valence-electron chi connectivity index (χ1n) is 4.97. The van der Waals surface area contributed by atoms with E-state index in [1.165, 1.54) is 18.2 Å². The number of hydrogen-bond acceptors (Lipinski definition) is 2. The molecule has 1 rings (SSSR count). The highest BCUT2D eigenvalue weighted by Gasteiger charge is 2.13. The zero-order valence-electron chi connectivity index (χ0n) is 8.97. The minimum atomic E-state index is -0.603. The Morgan fingerprint density at radius 3 is 2.50 bits per heavy atom. The van der Waals surface area contributed by atoms with Gasteiger partial charge in [-0.25, -0.2) is 8.78 Å². The number of benzene rings is 1. The molecule has 0 spiro atoms. The predicted molar refractivity (Wildman–Crippen MR) is 56.7 cm³/mol. The quantitative estimate of drug-likeness (QED) is 0.806. The van der Waals surface area contributed by atoms with Crippen molar-refractivity contribution in [2.75, 3.05) is 6.54 Å². The van der Waals surface area contributed by atoms with Gasteiger partial charge >= 0.3 is 0 Å². The number of hydrogen-bond donors (Lipinski definition) is 2. The number of carbonyl (C=O) groups excluding carboxylic acids is 1. The van der Waals surface area contributed by atoms with Crippen molar-refractivity contribution in [2.45, 2.75) is 19.4 Å². The van der Waals surface area contributed by atoms with E-state index in [0.29, 0.717) is 0 Å². The van der Waals surface area contributed by atoms with Gasteiger partial charge in [0.1, 0.15) is 11.6 Å². The van der Waals surface area contributed by atoms with Crippen molar-refractivity contribution < 1.29 is 13.6 Å². The van der Waals surface area contributed by atoms with Crippen LogP contribution in [0.2, 0.25) is 0 Å². The Balaban J connectivity index is 2.69. The second-order valence-electron chi connectivity index (χ2n) is 3.58. The summed E-state index contributed by atoms with van der Waals surface area (Å²) in [6, 6.07) is 3.32. The van der Waals surface area contributed by atoms with Crippen molar-refractivity contribution in [2.24, 2.45) is 5.73 Å². The van der Waals surface area contributed by atoms with Crippen molar-refractivity contribution in [3.63, 3.8) is 0 Å². The molecule has 0 aromatic heterocycles. The monoisotopic (exact) mass is 228 g/mol. The molecule has 0 aliphatic rings. The highest BCUT2D eigenvalue weighted by molar-refractivity contribution is 5.78. The van der Waals surface area contributed by atoms with Gasteiger partial charge in [-0.2, -0.15) is 0 Å². The van der Waals surface area contributed by atoms with Gasteiger partial charge in [0.25, 0.3) is 0 Å². The molecule has 0 aliphatic heterocycles. The fraction of sp³-hybridized carbons (Fsp3) is 0.364. The van der Waals surface area contributed by atoms with E-state index in [2.05, 4.69) is 5.32 Å². The fourth-order valence-electron chi connectivity index (χ4n) is 1.42. The van der Waals surface area contributed by atoms with E-state index in [-0.39, 0.29) is 30.5 Å². The van der Waals surface area contributed by atoms with Gasteiger partial charge in [0.05, 0.1) is 6.54 Å². The molecule has 1 amide bonds. The molecule has 1 unspecified atom stereocenters. The molecule has 0 aliphatic carbocycles. The molecule has 1 atom stereocenters. The Bertz CT molecular complexity index is 362. The van der Waals surface area contributed by atoms with Crippen LogP contribution >= 0.6 is 0 Å². The summed E-state index contributed by atoms with van der Waals surface area (Å²) in [5.74, 6) is -1.55. The Kier molecular flexibility index (Phi) is 4.37. The molecule has 88 valence electrons. The highest BCUT2D eigenvalue weighted by Crippen LogP contribution is 2.13. The lowest BCUT2D eigenvalue weighted by Crippen LogP contribution is -2.38. The number of nitrogens with one attached hydrogen (secondary N) is 1. The molecule has 1 aromatic carbocycles. The SMILES string of the molecule is CC(Cc1c(F)cccc1F)NC(=O)CN. The summed E-state index contributed by atoms with van der Waals surface area (Å²) >= 11 is 0. The first kappa shape index (κ1) is 12.6. The normalized spacial score (nSPS) is 12.2. The minimum absolute atomic E-state index is 0.0210. The molecule has 3 N–H and O–H groups in total.